The third-order valence-electron chi connectivity index (χ3n) is 4.31. The van der Waals surface area contributed by atoms with Crippen LogP contribution >= 0.6 is 23.1 Å². The van der Waals surface area contributed by atoms with E-state index in [4.69, 9.17) is 0 Å². The van der Waals surface area contributed by atoms with Crippen LogP contribution in [0.1, 0.15) is 11.1 Å². The highest BCUT2D eigenvalue weighted by Gasteiger charge is 2.18. The van der Waals surface area contributed by atoms with Gasteiger partial charge >= 0.3 is 0 Å². The average Bonchev–Trinajstić information content (AvgIpc) is 3.39. The standard InChI is InChI=1S/C20H18N6OS2/c1-13-5-6-16(10-14(13)2)26-18(15-4-3-7-21-11-15)24-25-20(26)29-12-17(27)23-19-22-8-9-28-19/h3-11H,12H2,1-2H3,(H,22,23,27). The first kappa shape index (κ1) is 19.3. The lowest BCUT2D eigenvalue weighted by Gasteiger charge is -2.12. The molecular weight excluding hydrogens is 404 g/mol. The lowest BCUT2D eigenvalue weighted by Crippen LogP contribution is -2.14. The van der Waals surface area contributed by atoms with Crippen molar-refractivity contribution in [3.8, 4) is 17.1 Å². The van der Waals surface area contributed by atoms with E-state index in [2.05, 4.69) is 51.5 Å². The van der Waals surface area contributed by atoms with Gasteiger partial charge in [-0.05, 0) is 49.2 Å². The minimum absolute atomic E-state index is 0.137. The quantitative estimate of drug-likeness (QED) is 0.470. The summed E-state index contributed by atoms with van der Waals surface area (Å²) in [6, 6.07) is 10.0. The van der Waals surface area contributed by atoms with E-state index in [1.807, 2.05) is 28.1 Å². The van der Waals surface area contributed by atoms with Crippen molar-refractivity contribution >= 4 is 34.1 Å². The largest absolute Gasteiger partial charge is 0.301 e. The summed E-state index contributed by atoms with van der Waals surface area (Å²) in [5.74, 6) is 0.752. The molecule has 29 heavy (non-hydrogen) atoms. The monoisotopic (exact) mass is 422 g/mol. The molecule has 146 valence electrons. The average molecular weight is 423 g/mol. The fourth-order valence-electron chi connectivity index (χ4n) is 2.71. The van der Waals surface area contributed by atoms with Gasteiger partial charge < -0.3 is 5.32 Å². The van der Waals surface area contributed by atoms with E-state index in [-0.39, 0.29) is 11.7 Å². The van der Waals surface area contributed by atoms with Crippen molar-refractivity contribution in [2.75, 3.05) is 11.1 Å². The summed E-state index contributed by atoms with van der Waals surface area (Å²) in [5, 5.41) is 14.6. The molecule has 4 aromatic rings. The predicted octanol–water partition coefficient (Wildman–Crippen LogP) is 4.13. The Hall–Kier alpha value is -3.04. The van der Waals surface area contributed by atoms with Crippen LogP contribution in [0.5, 0.6) is 0 Å². The molecule has 4 rings (SSSR count). The summed E-state index contributed by atoms with van der Waals surface area (Å²) < 4.78 is 1.96. The first-order valence-corrected chi connectivity index (χ1v) is 10.7. The molecule has 0 radical (unpaired) electrons. The number of aryl methyl sites for hydroxylation is 2. The highest BCUT2D eigenvalue weighted by atomic mass is 32.2. The molecule has 0 spiro atoms. The zero-order valence-corrected chi connectivity index (χ0v) is 17.5. The fraction of sp³-hybridized carbons (Fsp3) is 0.150. The van der Waals surface area contributed by atoms with Crippen molar-refractivity contribution in [1.82, 2.24) is 24.7 Å². The molecule has 0 aliphatic heterocycles. The van der Waals surface area contributed by atoms with Crippen LogP contribution < -0.4 is 5.32 Å². The molecule has 3 aromatic heterocycles. The zero-order valence-electron chi connectivity index (χ0n) is 15.9. The molecular formula is C20H18N6OS2. The Kier molecular flexibility index (Phi) is 5.68. The Morgan fingerprint density at radius 3 is 2.79 bits per heavy atom. The predicted molar refractivity (Wildman–Crippen MR) is 116 cm³/mol. The normalized spacial score (nSPS) is 10.8. The number of carbonyl (C=O) groups is 1. The number of nitrogens with one attached hydrogen (secondary N) is 1. The van der Waals surface area contributed by atoms with Crippen LogP contribution in [0.4, 0.5) is 5.13 Å². The van der Waals surface area contributed by atoms with Gasteiger partial charge in [-0.15, -0.1) is 21.5 Å². The molecule has 1 amide bonds. The van der Waals surface area contributed by atoms with E-state index in [9.17, 15) is 4.79 Å². The topological polar surface area (TPSA) is 85.6 Å². The van der Waals surface area contributed by atoms with Gasteiger partial charge in [0.05, 0.1) is 11.4 Å². The third-order valence-corrected chi connectivity index (χ3v) is 5.93. The molecule has 0 aliphatic rings. The second-order valence-corrected chi connectivity index (χ2v) is 8.16. The van der Waals surface area contributed by atoms with Gasteiger partial charge in [-0.25, -0.2) is 4.98 Å². The Morgan fingerprint density at radius 2 is 2.07 bits per heavy atom. The van der Waals surface area contributed by atoms with Gasteiger partial charge in [0.15, 0.2) is 16.1 Å². The Bertz CT molecular complexity index is 1130. The lowest BCUT2D eigenvalue weighted by atomic mass is 10.1. The molecule has 0 saturated carbocycles. The van der Waals surface area contributed by atoms with Crippen molar-refractivity contribution in [3.63, 3.8) is 0 Å². The van der Waals surface area contributed by atoms with E-state index in [1.54, 1.807) is 18.6 Å². The smallest absolute Gasteiger partial charge is 0.236 e. The van der Waals surface area contributed by atoms with Crippen LogP contribution in [0.2, 0.25) is 0 Å². The number of anilines is 1. The first-order chi connectivity index (χ1) is 14.1. The second kappa shape index (κ2) is 8.54. The summed E-state index contributed by atoms with van der Waals surface area (Å²) in [6.45, 7) is 4.15. The molecule has 0 saturated heterocycles. The summed E-state index contributed by atoms with van der Waals surface area (Å²) in [4.78, 5) is 20.5. The Morgan fingerprint density at radius 1 is 1.17 bits per heavy atom. The molecule has 0 unspecified atom stereocenters. The van der Waals surface area contributed by atoms with Crippen molar-refractivity contribution in [1.29, 1.82) is 0 Å². The van der Waals surface area contributed by atoms with Gasteiger partial charge in [0.25, 0.3) is 0 Å². The lowest BCUT2D eigenvalue weighted by molar-refractivity contribution is -0.113. The molecule has 1 aromatic carbocycles. The number of thioether (sulfide) groups is 1. The van der Waals surface area contributed by atoms with Gasteiger partial charge in [0, 0.05) is 29.5 Å². The highest BCUT2D eigenvalue weighted by molar-refractivity contribution is 7.99. The van der Waals surface area contributed by atoms with Gasteiger partial charge in [-0.2, -0.15) is 0 Å². The Labute approximate surface area is 176 Å². The molecule has 3 heterocycles. The summed E-state index contributed by atoms with van der Waals surface area (Å²) in [6.07, 6.45) is 5.13. The van der Waals surface area contributed by atoms with E-state index in [0.29, 0.717) is 16.1 Å². The van der Waals surface area contributed by atoms with Crippen LogP contribution in [0, 0.1) is 13.8 Å². The number of aromatic nitrogens is 5. The van der Waals surface area contributed by atoms with E-state index in [0.717, 1.165) is 11.3 Å². The molecule has 9 heteroatoms. The molecule has 0 aliphatic carbocycles. The van der Waals surface area contributed by atoms with Crippen LogP contribution in [-0.2, 0) is 4.79 Å². The first-order valence-electron chi connectivity index (χ1n) is 8.87. The van der Waals surface area contributed by atoms with Gasteiger partial charge in [-0.3, -0.25) is 14.3 Å². The number of amides is 1. The summed E-state index contributed by atoms with van der Waals surface area (Å²) in [5.41, 5.74) is 4.18. The number of nitrogens with zero attached hydrogens (tertiary/aromatic N) is 5. The van der Waals surface area contributed by atoms with Crippen molar-refractivity contribution in [2.24, 2.45) is 0 Å². The van der Waals surface area contributed by atoms with Crippen molar-refractivity contribution in [2.45, 2.75) is 19.0 Å². The molecule has 7 nitrogen and oxygen atoms in total. The maximum Gasteiger partial charge on any atom is 0.236 e. The van der Waals surface area contributed by atoms with Crippen LogP contribution in [0.25, 0.3) is 17.1 Å². The van der Waals surface area contributed by atoms with Gasteiger partial charge in [-0.1, -0.05) is 17.8 Å². The number of rotatable bonds is 6. The number of benzene rings is 1. The Balaban J connectivity index is 1.65. The van der Waals surface area contributed by atoms with E-state index >= 15 is 0 Å². The van der Waals surface area contributed by atoms with E-state index in [1.165, 1.54) is 34.2 Å². The van der Waals surface area contributed by atoms with Crippen molar-refractivity contribution < 1.29 is 4.79 Å². The second-order valence-electron chi connectivity index (χ2n) is 6.33. The SMILES string of the molecule is Cc1ccc(-n2c(SCC(=O)Nc3nccs3)nnc2-c2cccnc2)cc1C. The maximum absolute atomic E-state index is 12.3. The van der Waals surface area contributed by atoms with Gasteiger partial charge in [0.2, 0.25) is 5.91 Å². The van der Waals surface area contributed by atoms with Gasteiger partial charge in [0.1, 0.15) is 0 Å². The molecule has 0 atom stereocenters. The molecule has 1 N–H and O–H groups in total. The number of hydrogen-bond donors (Lipinski definition) is 1. The highest BCUT2D eigenvalue weighted by Crippen LogP contribution is 2.28. The number of hydrogen-bond acceptors (Lipinski definition) is 7. The van der Waals surface area contributed by atoms with Crippen LogP contribution in [0.3, 0.4) is 0 Å². The van der Waals surface area contributed by atoms with E-state index < -0.39 is 0 Å². The summed E-state index contributed by atoms with van der Waals surface area (Å²) >= 11 is 2.72. The maximum atomic E-state index is 12.3. The fourth-order valence-corrected chi connectivity index (χ4v) is 4.01. The van der Waals surface area contributed by atoms with Crippen LogP contribution in [0.15, 0.2) is 59.5 Å². The number of pyridine rings is 1. The summed E-state index contributed by atoms with van der Waals surface area (Å²) in [7, 11) is 0. The minimum atomic E-state index is -0.137. The minimum Gasteiger partial charge on any atom is -0.301 e. The zero-order chi connectivity index (χ0) is 20.2. The van der Waals surface area contributed by atoms with Crippen LogP contribution in [-0.4, -0.2) is 36.4 Å². The molecule has 0 fully saturated rings. The molecule has 0 bridgehead atoms. The third kappa shape index (κ3) is 4.36. The number of thiazole rings is 1. The van der Waals surface area contributed by atoms with Crippen molar-refractivity contribution in [3.05, 3.63) is 65.4 Å². The number of carbonyl (C=O) groups excluding carboxylic acids is 1.